The molecule has 0 unspecified atom stereocenters. The van der Waals surface area contributed by atoms with Gasteiger partial charge in [-0.05, 0) is 43.0 Å². The lowest BCUT2D eigenvalue weighted by atomic mass is 10.1. The molecule has 0 spiro atoms. The van der Waals surface area contributed by atoms with Crippen molar-refractivity contribution in [1.82, 2.24) is 10.1 Å². The maximum Gasteiger partial charge on any atom is 0.471 e. The van der Waals surface area contributed by atoms with E-state index in [9.17, 15) is 18.0 Å². The van der Waals surface area contributed by atoms with Crippen LogP contribution in [0.1, 0.15) is 25.2 Å². The minimum Gasteiger partial charge on any atom is -0.329 e. The molecule has 0 atom stereocenters. The third-order valence-electron chi connectivity index (χ3n) is 3.72. The number of hydrogen-bond donors (Lipinski definition) is 0. The largest absolute Gasteiger partial charge is 0.471 e. The number of benzene rings is 1. The van der Waals surface area contributed by atoms with E-state index in [1.54, 1.807) is 36.2 Å². The van der Waals surface area contributed by atoms with E-state index in [4.69, 9.17) is 0 Å². The molecule has 1 heterocycles. The molecule has 1 aliphatic rings. The summed E-state index contributed by atoms with van der Waals surface area (Å²) in [6.07, 6.45) is -1.95. The first kappa shape index (κ1) is 15.5. The molecular weight excluding hydrogens is 311 g/mol. The van der Waals surface area contributed by atoms with Gasteiger partial charge in [0.2, 0.25) is 11.7 Å². The van der Waals surface area contributed by atoms with E-state index in [0.717, 1.165) is 12.8 Å². The molecule has 1 saturated carbocycles. The summed E-state index contributed by atoms with van der Waals surface area (Å²) in [4.78, 5) is 16.9. The van der Waals surface area contributed by atoms with Crippen molar-refractivity contribution in [3.63, 3.8) is 0 Å². The van der Waals surface area contributed by atoms with Crippen LogP contribution in [0.2, 0.25) is 0 Å². The highest BCUT2D eigenvalue weighted by molar-refractivity contribution is 5.93. The number of halogens is 3. The first-order valence-electron chi connectivity index (χ1n) is 7.12. The molecule has 1 aliphatic carbocycles. The lowest BCUT2D eigenvalue weighted by Crippen LogP contribution is -2.26. The van der Waals surface area contributed by atoms with Gasteiger partial charge in [0.05, 0.1) is 0 Å². The number of aromatic nitrogens is 2. The lowest BCUT2D eigenvalue weighted by Gasteiger charge is -2.17. The average Bonchev–Trinajstić information content (AvgIpc) is 3.17. The van der Waals surface area contributed by atoms with Crippen molar-refractivity contribution in [1.29, 1.82) is 0 Å². The number of alkyl halides is 3. The fraction of sp³-hybridized carbons (Fsp3) is 0.400. The van der Waals surface area contributed by atoms with Crippen molar-refractivity contribution in [2.45, 2.75) is 25.4 Å². The Hall–Kier alpha value is -2.38. The van der Waals surface area contributed by atoms with Crippen LogP contribution in [0.25, 0.3) is 11.4 Å². The second kappa shape index (κ2) is 5.68. The molecule has 1 aromatic carbocycles. The SMILES string of the molecule is CN(C(=O)CC1CC1)c1ccc(-c2noc(C(F)(F)F)n2)cc1. The first-order valence-corrected chi connectivity index (χ1v) is 7.12. The highest BCUT2D eigenvalue weighted by Crippen LogP contribution is 2.33. The monoisotopic (exact) mass is 325 g/mol. The molecule has 0 bridgehead atoms. The Morgan fingerprint density at radius 3 is 2.48 bits per heavy atom. The summed E-state index contributed by atoms with van der Waals surface area (Å²) >= 11 is 0. The maximum absolute atomic E-state index is 12.4. The van der Waals surface area contributed by atoms with Gasteiger partial charge in [0.15, 0.2) is 0 Å². The number of rotatable bonds is 4. The van der Waals surface area contributed by atoms with Gasteiger partial charge in [0.1, 0.15) is 0 Å². The van der Waals surface area contributed by atoms with Gasteiger partial charge in [-0.15, -0.1) is 0 Å². The first-order chi connectivity index (χ1) is 10.8. The summed E-state index contributed by atoms with van der Waals surface area (Å²) in [5, 5.41) is 3.32. The topological polar surface area (TPSA) is 59.2 Å². The normalized spacial score (nSPS) is 14.8. The van der Waals surface area contributed by atoms with Crippen LogP contribution >= 0.6 is 0 Å². The van der Waals surface area contributed by atoms with Crippen LogP contribution in [-0.4, -0.2) is 23.1 Å². The number of amides is 1. The van der Waals surface area contributed by atoms with Gasteiger partial charge in [-0.3, -0.25) is 4.79 Å². The number of carbonyl (C=O) groups excluding carboxylic acids is 1. The average molecular weight is 325 g/mol. The van der Waals surface area contributed by atoms with Gasteiger partial charge in [0, 0.05) is 24.7 Å². The maximum atomic E-state index is 12.4. The summed E-state index contributed by atoms with van der Waals surface area (Å²) in [5.41, 5.74) is 1.05. The fourth-order valence-corrected chi connectivity index (χ4v) is 2.14. The Kier molecular flexibility index (Phi) is 3.83. The summed E-state index contributed by atoms with van der Waals surface area (Å²) in [5.74, 6) is -1.01. The van der Waals surface area contributed by atoms with Crippen molar-refractivity contribution in [3.05, 3.63) is 30.2 Å². The molecule has 1 amide bonds. The molecule has 23 heavy (non-hydrogen) atoms. The molecule has 1 aromatic heterocycles. The molecule has 1 fully saturated rings. The number of anilines is 1. The summed E-state index contributed by atoms with van der Waals surface area (Å²) in [6, 6.07) is 6.40. The van der Waals surface area contributed by atoms with Gasteiger partial charge >= 0.3 is 12.1 Å². The smallest absolute Gasteiger partial charge is 0.329 e. The zero-order valence-electron chi connectivity index (χ0n) is 12.3. The molecule has 0 saturated heterocycles. The molecule has 0 N–H and O–H groups in total. The van der Waals surface area contributed by atoms with Crippen LogP contribution in [-0.2, 0) is 11.0 Å². The van der Waals surface area contributed by atoms with Crippen LogP contribution in [0.3, 0.4) is 0 Å². The van der Waals surface area contributed by atoms with Crippen LogP contribution < -0.4 is 4.90 Å². The third-order valence-corrected chi connectivity index (χ3v) is 3.72. The van der Waals surface area contributed by atoms with Crippen LogP contribution in [0.5, 0.6) is 0 Å². The zero-order chi connectivity index (χ0) is 16.6. The Labute approximate surface area is 130 Å². The van der Waals surface area contributed by atoms with E-state index in [1.165, 1.54) is 0 Å². The highest BCUT2D eigenvalue weighted by atomic mass is 19.4. The number of hydrogen-bond acceptors (Lipinski definition) is 4. The summed E-state index contributed by atoms with van der Waals surface area (Å²) < 4.78 is 41.5. The second-order valence-corrected chi connectivity index (χ2v) is 5.57. The van der Waals surface area contributed by atoms with E-state index in [1.807, 2.05) is 0 Å². The summed E-state index contributed by atoms with van der Waals surface area (Å²) in [7, 11) is 1.68. The van der Waals surface area contributed by atoms with Gasteiger partial charge in [0.25, 0.3) is 0 Å². The Morgan fingerprint density at radius 1 is 1.30 bits per heavy atom. The minimum absolute atomic E-state index is 0.0270. The van der Waals surface area contributed by atoms with Crippen molar-refractivity contribution < 1.29 is 22.5 Å². The quantitative estimate of drug-likeness (QED) is 0.863. The van der Waals surface area contributed by atoms with Crippen LogP contribution in [0, 0.1) is 5.92 Å². The van der Waals surface area contributed by atoms with Gasteiger partial charge in [-0.2, -0.15) is 18.2 Å². The molecule has 3 rings (SSSR count). The fourth-order valence-electron chi connectivity index (χ4n) is 2.14. The standard InChI is InChI=1S/C15H14F3N3O2/c1-21(12(22)8-9-2-3-9)11-6-4-10(5-7-11)13-19-14(23-20-13)15(16,17)18/h4-7,9H,2-3,8H2,1H3. The van der Waals surface area contributed by atoms with Gasteiger partial charge in [-0.1, -0.05) is 5.16 Å². The van der Waals surface area contributed by atoms with E-state index < -0.39 is 12.1 Å². The van der Waals surface area contributed by atoms with Crippen LogP contribution in [0.15, 0.2) is 28.8 Å². The molecule has 122 valence electrons. The van der Waals surface area contributed by atoms with Crippen molar-refractivity contribution in [2.75, 3.05) is 11.9 Å². The van der Waals surface area contributed by atoms with E-state index in [-0.39, 0.29) is 11.7 Å². The van der Waals surface area contributed by atoms with Crippen molar-refractivity contribution in [3.8, 4) is 11.4 Å². The molecule has 8 heteroatoms. The molecule has 0 radical (unpaired) electrons. The van der Waals surface area contributed by atoms with Crippen molar-refractivity contribution >= 4 is 11.6 Å². The van der Waals surface area contributed by atoms with Gasteiger partial charge in [-0.25, -0.2) is 0 Å². The zero-order valence-corrected chi connectivity index (χ0v) is 12.3. The third kappa shape index (κ3) is 3.52. The molecule has 0 aliphatic heterocycles. The molecular formula is C15H14F3N3O2. The minimum atomic E-state index is -4.67. The van der Waals surface area contributed by atoms with Gasteiger partial charge < -0.3 is 9.42 Å². The predicted octanol–water partition coefficient (Wildman–Crippen LogP) is 3.52. The lowest BCUT2D eigenvalue weighted by molar-refractivity contribution is -0.159. The number of carbonyl (C=O) groups is 1. The predicted molar refractivity (Wildman–Crippen MR) is 75.5 cm³/mol. The van der Waals surface area contributed by atoms with E-state index >= 15 is 0 Å². The van der Waals surface area contributed by atoms with E-state index in [0.29, 0.717) is 23.6 Å². The molecule has 2 aromatic rings. The highest BCUT2D eigenvalue weighted by Gasteiger charge is 2.38. The Morgan fingerprint density at radius 2 is 1.96 bits per heavy atom. The van der Waals surface area contributed by atoms with Crippen molar-refractivity contribution in [2.24, 2.45) is 5.92 Å². The summed E-state index contributed by atoms with van der Waals surface area (Å²) in [6.45, 7) is 0. The number of nitrogens with zero attached hydrogens (tertiary/aromatic N) is 3. The molecule has 5 nitrogen and oxygen atoms in total. The Balaban J connectivity index is 1.73. The Bertz CT molecular complexity index is 706. The van der Waals surface area contributed by atoms with Crippen LogP contribution in [0.4, 0.5) is 18.9 Å². The second-order valence-electron chi connectivity index (χ2n) is 5.57. The van der Waals surface area contributed by atoms with E-state index in [2.05, 4.69) is 14.7 Å².